The van der Waals surface area contributed by atoms with Crippen molar-refractivity contribution in [2.24, 2.45) is 0 Å². The Morgan fingerprint density at radius 3 is 1.00 bits per heavy atom. The molecule has 6 N–H and O–H groups in total. The molecule has 0 saturated heterocycles. The highest BCUT2D eigenvalue weighted by Gasteiger charge is 2.07. The number of aromatic nitrogens is 3. The highest BCUT2D eigenvalue weighted by molar-refractivity contribution is 7.98. The molecule has 0 bridgehead atoms. The monoisotopic (exact) mass is 993 g/mol. The fourth-order valence-electron chi connectivity index (χ4n) is 4.49. The van der Waals surface area contributed by atoms with Crippen LogP contribution in [0.1, 0.15) is 32.1 Å². The van der Waals surface area contributed by atoms with Crippen LogP contribution >= 0.6 is 69.3 Å². The van der Waals surface area contributed by atoms with Gasteiger partial charge in [-0.1, -0.05) is 0 Å². The summed E-state index contributed by atoms with van der Waals surface area (Å²) in [4.78, 5) is 49.6. The first-order chi connectivity index (χ1) is 30.0. The lowest BCUT2D eigenvalue weighted by Crippen LogP contribution is -2.26. The second-order valence-corrected chi connectivity index (χ2v) is 19.7. The van der Waals surface area contributed by atoms with E-state index in [9.17, 15) is 30.3 Å². The molecular formula is C36H63N15O6S6. The third kappa shape index (κ3) is 30.7. The summed E-state index contributed by atoms with van der Waals surface area (Å²) in [6.07, 6.45) is 2.79. The van der Waals surface area contributed by atoms with Crippen LogP contribution in [0, 0.1) is 30.3 Å². The molecule has 3 rings (SSSR count). The minimum Gasteiger partial charge on any atom is -0.370 e. The first-order valence-electron chi connectivity index (χ1n) is 19.3. The molecule has 0 aliphatic heterocycles. The van der Waals surface area contributed by atoms with Gasteiger partial charge in [0.1, 0.15) is 15.0 Å². The predicted octanol–water partition coefficient (Wildman–Crippen LogP) is 3.97. The Hall–Kier alpha value is -3.96. The average Bonchev–Trinajstić information content (AvgIpc) is 3.97. The third-order valence-electron chi connectivity index (χ3n) is 7.10. The summed E-state index contributed by atoms with van der Waals surface area (Å²) in [6, 6.07) is 0. The second kappa shape index (κ2) is 34.4. The summed E-state index contributed by atoms with van der Waals surface area (Å²) >= 11 is 10.3. The normalized spacial score (nSPS) is 11.7. The molecule has 3 aromatic heterocycles. The van der Waals surface area contributed by atoms with E-state index in [0.29, 0.717) is 37.1 Å². The number of hydrogen-bond donors (Lipinski definition) is 6. The first-order valence-corrected chi connectivity index (χ1v) is 25.4. The van der Waals surface area contributed by atoms with Crippen LogP contribution in [0.2, 0.25) is 0 Å². The van der Waals surface area contributed by atoms with E-state index in [1.807, 2.05) is 42.3 Å². The van der Waals surface area contributed by atoms with Crippen LogP contribution in [-0.4, -0.2) is 145 Å². The minimum absolute atomic E-state index is 0.419. The molecule has 3 aromatic rings. The van der Waals surface area contributed by atoms with Gasteiger partial charge in [0.15, 0.2) is 17.5 Å². The number of hydrogen-bond acceptors (Lipinski definition) is 24. The first kappa shape index (κ1) is 57.1. The molecule has 21 nitrogen and oxygen atoms in total. The maximum Gasteiger partial charge on any atom is 0.274 e. The Balaban J connectivity index is 0.000000472. The Bertz CT molecular complexity index is 1630. The largest absolute Gasteiger partial charge is 0.370 e. The van der Waals surface area contributed by atoms with Crippen molar-refractivity contribution in [2.75, 3.05) is 100 Å². The summed E-state index contributed by atoms with van der Waals surface area (Å²) in [5.74, 6) is 6.41. The lowest BCUT2D eigenvalue weighted by atomic mass is 10.5. The second-order valence-electron chi connectivity index (χ2n) is 13.6. The number of thioether (sulfide) groups is 3. The van der Waals surface area contributed by atoms with Gasteiger partial charge in [-0.25, -0.2) is 15.0 Å². The highest BCUT2D eigenvalue weighted by Crippen LogP contribution is 2.18. The Labute approximate surface area is 395 Å². The van der Waals surface area contributed by atoms with Crippen LogP contribution in [0.15, 0.2) is 52.2 Å². The predicted molar refractivity (Wildman–Crippen MR) is 263 cm³/mol. The average molecular weight is 994 g/mol. The zero-order valence-corrected chi connectivity index (χ0v) is 42.3. The lowest BCUT2D eigenvalue weighted by molar-refractivity contribution is -0.404. The van der Waals surface area contributed by atoms with E-state index in [1.165, 1.54) is 0 Å². The van der Waals surface area contributed by atoms with Crippen molar-refractivity contribution in [1.82, 2.24) is 61.6 Å². The van der Waals surface area contributed by atoms with Crippen LogP contribution < -0.4 is 31.9 Å². The van der Waals surface area contributed by atoms with E-state index < -0.39 is 14.8 Å². The highest BCUT2D eigenvalue weighted by atomic mass is 32.2. The van der Waals surface area contributed by atoms with Crippen molar-refractivity contribution >= 4 is 69.3 Å². The summed E-state index contributed by atoms with van der Waals surface area (Å²) in [5, 5.41) is 57.9. The van der Waals surface area contributed by atoms with Gasteiger partial charge in [0.05, 0.1) is 31.9 Å². The molecule has 0 aliphatic rings. The zero-order chi connectivity index (χ0) is 47.0. The van der Waals surface area contributed by atoms with E-state index in [2.05, 4.69) is 77.7 Å². The molecular weight excluding hydrogens is 931 g/mol. The maximum atomic E-state index is 10.4. The van der Waals surface area contributed by atoms with Crippen molar-refractivity contribution < 1.29 is 14.8 Å². The number of rotatable bonds is 30. The minimum atomic E-state index is -0.479. The molecule has 0 atom stereocenters. The number of nitro groups is 3. The summed E-state index contributed by atoms with van der Waals surface area (Å²) in [6.45, 7) is 4.61. The molecule has 0 aliphatic carbocycles. The van der Waals surface area contributed by atoms with E-state index in [1.54, 1.807) is 90.4 Å². The van der Waals surface area contributed by atoms with Crippen LogP contribution in [-0.2, 0) is 36.9 Å². The van der Waals surface area contributed by atoms with E-state index in [-0.39, 0.29) is 0 Å². The van der Waals surface area contributed by atoms with Gasteiger partial charge < -0.3 is 46.6 Å². The van der Waals surface area contributed by atoms with Crippen LogP contribution in [0.3, 0.4) is 0 Å². The molecule has 3 heterocycles. The van der Waals surface area contributed by atoms with Crippen molar-refractivity contribution in [3.63, 3.8) is 0 Å². The molecule has 0 radical (unpaired) electrons. The topological polar surface area (TPSA) is 250 Å². The summed E-state index contributed by atoms with van der Waals surface area (Å²) < 4.78 is 0. The lowest BCUT2D eigenvalue weighted by Gasteiger charge is -2.07. The van der Waals surface area contributed by atoms with E-state index in [0.717, 1.165) is 105 Å². The summed E-state index contributed by atoms with van der Waals surface area (Å²) in [5.41, 5.74) is 3.28. The third-order valence-corrected chi connectivity index (χ3v) is 12.7. The van der Waals surface area contributed by atoms with Gasteiger partial charge in [-0.2, -0.15) is 35.3 Å². The van der Waals surface area contributed by atoms with Crippen molar-refractivity contribution in [3.8, 4) is 0 Å². The van der Waals surface area contributed by atoms with Crippen molar-refractivity contribution in [2.45, 2.75) is 36.9 Å². The molecule has 0 aromatic carbocycles. The number of nitrogens with zero attached hydrogens (tertiary/aromatic N) is 9. The van der Waals surface area contributed by atoms with Crippen molar-refractivity contribution in [1.29, 1.82) is 0 Å². The molecule has 354 valence electrons. The van der Waals surface area contributed by atoms with E-state index >= 15 is 0 Å². The van der Waals surface area contributed by atoms with Gasteiger partial charge in [0.2, 0.25) is 0 Å². The number of thiazole rings is 3. The molecule has 63 heavy (non-hydrogen) atoms. The van der Waals surface area contributed by atoms with Gasteiger partial charge in [-0.05, 0) is 42.3 Å². The maximum absolute atomic E-state index is 10.4. The quantitative estimate of drug-likeness (QED) is 0.0314. The molecule has 0 unspecified atom stereocenters. The van der Waals surface area contributed by atoms with Gasteiger partial charge in [-0.15, -0.1) is 34.0 Å². The van der Waals surface area contributed by atoms with Gasteiger partial charge in [0, 0.05) is 111 Å². The standard InChI is InChI=1S/3C12H21N5O2S2/c3*1-13-11(6-17(18)19)14-4-5-20-8-10-9-21-12(15-10)7-16(2)3/h3*6,9,13-14H,4-5,7-8H2,1-3H3/b3*11-6+. The molecule has 0 fully saturated rings. The SMILES string of the molecule is CN/C(=C\[N+](=O)[O-])NCCSCc1csc(CN(C)C)n1.CN/C(=C\[N+](=O)[O-])NCCSCc1csc(CN(C)C)n1.CN/C(=C\[N+](=O)[O-])NCCSCc1csc(CN(C)C)n1. The van der Waals surface area contributed by atoms with Crippen LogP contribution in [0.5, 0.6) is 0 Å². The molecule has 0 saturated carbocycles. The molecule has 0 amide bonds. The Kier molecular flexibility index (Phi) is 31.2. The fourth-order valence-corrected chi connectivity index (χ4v) is 9.78. The van der Waals surface area contributed by atoms with Crippen LogP contribution in [0.25, 0.3) is 0 Å². The van der Waals surface area contributed by atoms with E-state index in [4.69, 9.17) is 0 Å². The van der Waals surface area contributed by atoms with Crippen LogP contribution in [0.4, 0.5) is 0 Å². The van der Waals surface area contributed by atoms with Crippen molar-refractivity contribution in [3.05, 3.63) is 115 Å². The molecule has 0 spiro atoms. The van der Waals surface area contributed by atoms with Gasteiger partial charge in [-0.3, -0.25) is 30.3 Å². The zero-order valence-electron chi connectivity index (χ0n) is 37.4. The Morgan fingerprint density at radius 2 is 0.794 bits per heavy atom. The summed E-state index contributed by atoms with van der Waals surface area (Å²) in [7, 11) is 17.1. The molecule has 27 heteroatoms. The number of nitrogens with one attached hydrogen (secondary N) is 6. The Morgan fingerprint density at radius 1 is 0.540 bits per heavy atom. The fraction of sp³-hybridized carbons (Fsp3) is 0.583. The smallest absolute Gasteiger partial charge is 0.274 e. The van der Waals surface area contributed by atoms with Gasteiger partial charge >= 0.3 is 0 Å². The van der Waals surface area contributed by atoms with Gasteiger partial charge in [0.25, 0.3) is 18.6 Å².